The Morgan fingerprint density at radius 3 is 2.80 bits per heavy atom. The van der Waals surface area contributed by atoms with E-state index < -0.39 is 10.0 Å². The Hall–Kier alpha value is -0.400. The van der Waals surface area contributed by atoms with Gasteiger partial charge in [0.2, 0.25) is 10.0 Å². The number of nitrogens with zero attached hydrogens (tertiary/aromatic N) is 2. The number of hydrogen-bond acceptors (Lipinski definition) is 4. The monoisotopic (exact) mass is 338 g/mol. The average molecular weight is 339 g/mol. The van der Waals surface area contributed by atoms with E-state index >= 15 is 0 Å². The second kappa shape index (κ2) is 6.15. The van der Waals surface area contributed by atoms with Crippen molar-refractivity contribution in [3.8, 4) is 0 Å². The molecular formula is C12H16Cl2N2O3S. The van der Waals surface area contributed by atoms with Gasteiger partial charge in [0.25, 0.3) is 0 Å². The number of halogens is 2. The molecule has 2 heterocycles. The first-order valence-electron chi connectivity index (χ1n) is 6.30. The maximum Gasteiger partial charge on any atom is 0.245 e. The summed E-state index contributed by atoms with van der Waals surface area (Å²) in [5.74, 6) is 0. The van der Waals surface area contributed by atoms with Crippen molar-refractivity contribution in [2.45, 2.75) is 37.3 Å². The molecule has 1 aliphatic rings. The zero-order chi connectivity index (χ0) is 14.9. The molecule has 8 heteroatoms. The Balaban J connectivity index is 2.39. The summed E-state index contributed by atoms with van der Waals surface area (Å²) in [6.45, 7) is 4.49. The second-order valence-electron chi connectivity index (χ2n) is 4.72. The molecule has 112 valence electrons. The third-order valence-corrected chi connectivity index (χ3v) is 5.84. The molecule has 0 saturated carbocycles. The molecule has 2 unspecified atom stereocenters. The fourth-order valence-corrected chi connectivity index (χ4v) is 4.18. The van der Waals surface area contributed by atoms with E-state index in [1.807, 2.05) is 13.8 Å². The van der Waals surface area contributed by atoms with Crippen LogP contribution in [0.5, 0.6) is 0 Å². The lowest BCUT2D eigenvalue weighted by atomic mass is 10.2. The SMILES string of the molecule is CCC1COC(C)CN1S(=O)(=O)c1cnc(Cl)c(Cl)c1. The van der Waals surface area contributed by atoms with E-state index in [9.17, 15) is 8.42 Å². The third kappa shape index (κ3) is 3.09. The van der Waals surface area contributed by atoms with Crippen molar-refractivity contribution >= 4 is 33.2 Å². The number of sulfonamides is 1. The van der Waals surface area contributed by atoms with Crippen molar-refractivity contribution in [1.82, 2.24) is 9.29 Å². The van der Waals surface area contributed by atoms with Crippen LogP contribution in [0.1, 0.15) is 20.3 Å². The van der Waals surface area contributed by atoms with E-state index in [1.54, 1.807) is 0 Å². The van der Waals surface area contributed by atoms with E-state index in [1.165, 1.54) is 16.6 Å². The lowest BCUT2D eigenvalue weighted by molar-refractivity contribution is -0.0230. The van der Waals surface area contributed by atoms with Gasteiger partial charge >= 0.3 is 0 Å². The first-order valence-corrected chi connectivity index (χ1v) is 8.50. The van der Waals surface area contributed by atoms with Gasteiger partial charge in [0.15, 0.2) is 0 Å². The highest BCUT2D eigenvalue weighted by atomic mass is 35.5. The number of hydrogen-bond donors (Lipinski definition) is 0. The Labute approximate surface area is 128 Å². The van der Waals surface area contributed by atoms with Gasteiger partial charge in [-0.25, -0.2) is 13.4 Å². The Kier molecular flexibility index (Phi) is 4.92. The van der Waals surface area contributed by atoms with Crippen molar-refractivity contribution in [1.29, 1.82) is 0 Å². The molecule has 1 aromatic heterocycles. The van der Waals surface area contributed by atoms with E-state index in [0.717, 1.165) is 0 Å². The standard InChI is InChI=1S/C12H16Cl2N2O3S/c1-3-9-7-19-8(2)6-16(9)20(17,18)10-4-11(13)12(14)15-5-10/h4-5,8-9H,3,6-7H2,1-2H3. The summed E-state index contributed by atoms with van der Waals surface area (Å²) >= 11 is 11.6. The first-order chi connectivity index (χ1) is 9.36. The van der Waals surface area contributed by atoms with Crippen molar-refractivity contribution in [2.24, 2.45) is 0 Å². The molecule has 0 radical (unpaired) electrons. The summed E-state index contributed by atoms with van der Waals surface area (Å²) < 4.78 is 32.4. The fourth-order valence-electron chi connectivity index (χ4n) is 2.11. The van der Waals surface area contributed by atoms with Crippen LogP contribution in [0.3, 0.4) is 0 Å². The van der Waals surface area contributed by atoms with Gasteiger partial charge in [-0.2, -0.15) is 4.31 Å². The maximum atomic E-state index is 12.7. The molecule has 0 aliphatic carbocycles. The lowest BCUT2D eigenvalue weighted by Crippen LogP contribution is -2.51. The summed E-state index contributed by atoms with van der Waals surface area (Å²) in [6.07, 6.45) is 1.78. The molecule has 0 spiro atoms. The zero-order valence-electron chi connectivity index (χ0n) is 11.2. The summed E-state index contributed by atoms with van der Waals surface area (Å²) in [5, 5.41) is 0.218. The summed E-state index contributed by atoms with van der Waals surface area (Å²) in [7, 11) is -3.65. The molecule has 1 fully saturated rings. The minimum Gasteiger partial charge on any atom is -0.375 e. The van der Waals surface area contributed by atoms with Crippen molar-refractivity contribution in [2.75, 3.05) is 13.2 Å². The van der Waals surface area contributed by atoms with Crippen LogP contribution in [-0.4, -0.2) is 43.0 Å². The van der Waals surface area contributed by atoms with Gasteiger partial charge in [0, 0.05) is 18.8 Å². The second-order valence-corrected chi connectivity index (χ2v) is 7.38. The van der Waals surface area contributed by atoms with Gasteiger partial charge < -0.3 is 4.74 Å². The average Bonchev–Trinajstić information content (AvgIpc) is 2.41. The van der Waals surface area contributed by atoms with Gasteiger partial charge in [-0.15, -0.1) is 0 Å². The Bertz CT molecular complexity index is 594. The number of aromatic nitrogens is 1. The van der Waals surface area contributed by atoms with Crippen molar-refractivity contribution in [3.05, 3.63) is 22.4 Å². The number of ether oxygens (including phenoxy) is 1. The van der Waals surface area contributed by atoms with Crippen LogP contribution in [0.2, 0.25) is 10.2 Å². The number of pyridine rings is 1. The molecule has 0 N–H and O–H groups in total. The molecule has 0 amide bonds. The predicted molar refractivity (Wildman–Crippen MR) is 77.6 cm³/mol. The molecule has 0 aromatic carbocycles. The van der Waals surface area contributed by atoms with E-state index in [4.69, 9.17) is 27.9 Å². The predicted octanol–water partition coefficient (Wildman–Crippen LogP) is 2.58. The minimum absolute atomic E-state index is 0.0550. The van der Waals surface area contributed by atoms with Crippen LogP contribution >= 0.6 is 23.2 Å². The van der Waals surface area contributed by atoms with E-state index in [0.29, 0.717) is 19.6 Å². The molecule has 1 aromatic rings. The van der Waals surface area contributed by atoms with Crippen molar-refractivity contribution < 1.29 is 13.2 Å². The summed E-state index contributed by atoms with van der Waals surface area (Å²) in [4.78, 5) is 3.86. The van der Waals surface area contributed by atoms with Crippen LogP contribution in [0, 0.1) is 0 Å². The highest BCUT2D eigenvalue weighted by molar-refractivity contribution is 7.89. The zero-order valence-corrected chi connectivity index (χ0v) is 13.5. The normalized spacial score (nSPS) is 24.8. The smallest absolute Gasteiger partial charge is 0.245 e. The Morgan fingerprint density at radius 2 is 2.20 bits per heavy atom. The van der Waals surface area contributed by atoms with Crippen molar-refractivity contribution in [3.63, 3.8) is 0 Å². The van der Waals surface area contributed by atoms with Crippen LogP contribution in [-0.2, 0) is 14.8 Å². The van der Waals surface area contributed by atoms with Gasteiger partial charge in [-0.3, -0.25) is 0 Å². The topological polar surface area (TPSA) is 59.5 Å². The quantitative estimate of drug-likeness (QED) is 0.794. The molecule has 20 heavy (non-hydrogen) atoms. The van der Waals surface area contributed by atoms with Gasteiger partial charge in [0.1, 0.15) is 10.0 Å². The highest BCUT2D eigenvalue weighted by Gasteiger charge is 2.35. The maximum absolute atomic E-state index is 12.7. The van der Waals surface area contributed by atoms with Gasteiger partial charge in [-0.1, -0.05) is 30.1 Å². The number of morpholine rings is 1. The molecule has 5 nitrogen and oxygen atoms in total. The molecule has 0 bridgehead atoms. The van der Waals surface area contributed by atoms with Gasteiger partial charge in [0.05, 0.1) is 17.7 Å². The minimum atomic E-state index is -3.65. The molecule has 1 aliphatic heterocycles. The van der Waals surface area contributed by atoms with Gasteiger partial charge in [-0.05, 0) is 19.4 Å². The summed E-state index contributed by atoms with van der Waals surface area (Å²) in [5.41, 5.74) is 0. The largest absolute Gasteiger partial charge is 0.375 e. The molecule has 2 atom stereocenters. The first kappa shape index (κ1) is 16.0. The molecule has 1 saturated heterocycles. The molecule has 2 rings (SSSR count). The summed E-state index contributed by atoms with van der Waals surface area (Å²) in [6, 6.07) is 1.16. The number of rotatable bonds is 3. The molecular weight excluding hydrogens is 323 g/mol. The van der Waals surface area contributed by atoms with E-state index in [-0.39, 0.29) is 27.2 Å². The van der Waals surface area contributed by atoms with Crippen LogP contribution in [0.25, 0.3) is 0 Å². The third-order valence-electron chi connectivity index (χ3n) is 3.27. The van der Waals surface area contributed by atoms with Crippen LogP contribution in [0.4, 0.5) is 0 Å². The van der Waals surface area contributed by atoms with Crippen LogP contribution < -0.4 is 0 Å². The van der Waals surface area contributed by atoms with Crippen LogP contribution in [0.15, 0.2) is 17.2 Å². The van der Waals surface area contributed by atoms with E-state index in [2.05, 4.69) is 4.98 Å². The fraction of sp³-hybridized carbons (Fsp3) is 0.583. The highest BCUT2D eigenvalue weighted by Crippen LogP contribution is 2.27. The Morgan fingerprint density at radius 1 is 1.50 bits per heavy atom. The lowest BCUT2D eigenvalue weighted by Gasteiger charge is -2.37.